The van der Waals surface area contributed by atoms with Gasteiger partial charge in [0.1, 0.15) is 6.10 Å². The number of esters is 1. The van der Waals surface area contributed by atoms with Gasteiger partial charge in [-0.1, -0.05) is 64.2 Å². The number of carbonyl (C=O) groups is 1. The molecule has 0 aliphatic carbocycles. The van der Waals surface area contributed by atoms with Crippen LogP contribution in [0.15, 0.2) is 24.3 Å². The largest absolute Gasteiger partial charge is 0.456 e. The molecule has 0 radical (unpaired) electrons. The molecule has 3 heteroatoms. The highest BCUT2D eigenvalue weighted by Gasteiger charge is 2.17. The van der Waals surface area contributed by atoms with Gasteiger partial charge in [0.25, 0.3) is 0 Å². The van der Waals surface area contributed by atoms with Crippen molar-refractivity contribution in [3.05, 3.63) is 35.4 Å². The predicted octanol–water partition coefficient (Wildman–Crippen LogP) is 5.17. The van der Waals surface area contributed by atoms with E-state index in [1.165, 1.54) is 32.1 Å². The van der Waals surface area contributed by atoms with Crippen LogP contribution in [0.1, 0.15) is 74.7 Å². The molecule has 23 heavy (non-hydrogen) atoms. The van der Waals surface area contributed by atoms with Crippen LogP contribution in [0.4, 0.5) is 0 Å². The molecule has 3 nitrogen and oxygen atoms in total. The fourth-order valence-corrected chi connectivity index (χ4v) is 2.76. The maximum Gasteiger partial charge on any atom is 0.338 e. The van der Waals surface area contributed by atoms with E-state index >= 15 is 0 Å². The Labute approximate surface area is 141 Å². The van der Waals surface area contributed by atoms with Gasteiger partial charge in [0.15, 0.2) is 0 Å². The lowest BCUT2D eigenvalue weighted by atomic mass is 10.1. The van der Waals surface area contributed by atoms with Gasteiger partial charge >= 0.3 is 5.97 Å². The Balaban J connectivity index is 2.46. The van der Waals surface area contributed by atoms with Crippen molar-refractivity contribution >= 4 is 5.97 Å². The van der Waals surface area contributed by atoms with E-state index in [1.807, 2.05) is 24.3 Å². The number of methoxy groups -OCH3 is 1. The highest BCUT2D eigenvalue weighted by molar-refractivity contribution is 5.91. The van der Waals surface area contributed by atoms with E-state index in [0.717, 1.165) is 24.8 Å². The van der Waals surface area contributed by atoms with E-state index in [0.29, 0.717) is 12.2 Å². The average molecular weight is 320 g/mol. The third-order valence-electron chi connectivity index (χ3n) is 4.12. The zero-order valence-electron chi connectivity index (χ0n) is 15.0. The Morgan fingerprint density at radius 1 is 1.04 bits per heavy atom. The van der Waals surface area contributed by atoms with Crippen molar-refractivity contribution in [1.29, 1.82) is 0 Å². The highest BCUT2D eigenvalue weighted by Crippen LogP contribution is 2.15. The van der Waals surface area contributed by atoms with Crippen molar-refractivity contribution in [3.63, 3.8) is 0 Å². The molecule has 1 aromatic rings. The Hall–Kier alpha value is -1.35. The van der Waals surface area contributed by atoms with Crippen molar-refractivity contribution in [2.45, 2.75) is 71.3 Å². The number of hydrogen-bond donors (Lipinski definition) is 0. The monoisotopic (exact) mass is 320 g/mol. The predicted molar refractivity (Wildman–Crippen MR) is 94.9 cm³/mol. The lowest BCUT2D eigenvalue weighted by Gasteiger charge is -2.18. The fraction of sp³-hybridized carbons (Fsp3) is 0.650. The summed E-state index contributed by atoms with van der Waals surface area (Å²) in [5.41, 5.74) is 1.72. The summed E-state index contributed by atoms with van der Waals surface area (Å²) in [6, 6.07) is 7.67. The first-order chi connectivity index (χ1) is 11.2. The molecule has 0 aliphatic rings. The molecule has 0 aromatic heterocycles. The summed E-state index contributed by atoms with van der Waals surface area (Å²) >= 11 is 0. The summed E-state index contributed by atoms with van der Waals surface area (Å²) in [6.45, 7) is 4.74. The Morgan fingerprint density at radius 3 is 2.43 bits per heavy atom. The van der Waals surface area contributed by atoms with E-state index in [4.69, 9.17) is 9.47 Å². The molecule has 0 fully saturated rings. The standard InChI is InChI=1S/C20H32O3/c1-4-6-7-8-9-10-14-18(16-22-3)23-20(21)19-15-12-11-13-17(19)5-2/h11-13,15,18H,4-10,14,16H2,1-3H3. The number of ether oxygens (including phenoxy) is 2. The molecular formula is C20H32O3. The average Bonchev–Trinajstić information content (AvgIpc) is 2.57. The molecule has 0 saturated heterocycles. The minimum absolute atomic E-state index is 0.149. The molecule has 0 spiro atoms. The summed E-state index contributed by atoms with van der Waals surface area (Å²) in [5, 5.41) is 0. The smallest absolute Gasteiger partial charge is 0.338 e. The molecule has 1 rings (SSSR count). The van der Waals surface area contributed by atoms with Crippen LogP contribution in [0.25, 0.3) is 0 Å². The SMILES string of the molecule is CCCCCCCCC(COC)OC(=O)c1ccccc1CC. The molecule has 0 saturated carbocycles. The summed E-state index contributed by atoms with van der Waals surface area (Å²) in [4.78, 5) is 12.4. The summed E-state index contributed by atoms with van der Waals surface area (Å²) < 4.78 is 10.9. The van der Waals surface area contributed by atoms with Crippen LogP contribution in [-0.2, 0) is 15.9 Å². The second-order valence-electron chi connectivity index (χ2n) is 6.05. The third kappa shape index (κ3) is 7.65. The minimum atomic E-state index is -0.226. The van der Waals surface area contributed by atoms with Crippen molar-refractivity contribution < 1.29 is 14.3 Å². The summed E-state index contributed by atoms with van der Waals surface area (Å²) in [6.07, 6.45) is 8.98. The molecule has 130 valence electrons. The molecule has 0 heterocycles. The molecule has 1 aromatic carbocycles. The van der Waals surface area contributed by atoms with Crippen LogP contribution in [0.3, 0.4) is 0 Å². The molecule has 1 unspecified atom stereocenters. The fourth-order valence-electron chi connectivity index (χ4n) is 2.76. The lowest BCUT2D eigenvalue weighted by molar-refractivity contribution is 0.00228. The normalized spacial score (nSPS) is 12.1. The van der Waals surface area contributed by atoms with Gasteiger partial charge in [-0.3, -0.25) is 0 Å². The summed E-state index contributed by atoms with van der Waals surface area (Å²) in [5.74, 6) is -0.226. The summed E-state index contributed by atoms with van der Waals surface area (Å²) in [7, 11) is 1.65. The first-order valence-corrected chi connectivity index (χ1v) is 9.00. The van der Waals surface area contributed by atoms with E-state index in [9.17, 15) is 4.79 Å². The lowest BCUT2D eigenvalue weighted by Crippen LogP contribution is -2.23. The molecule has 1 atom stereocenters. The van der Waals surface area contributed by atoms with Crippen molar-refractivity contribution in [2.75, 3.05) is 13.7 Å². The third-order valence-corrected chi connectivity index (χ3v) is 4.12. The molecular weight excluding hydrogens is 288 g/mol. The van der Waals surface area contributed by atoms with E-state index in [2.05, 4.69) is 13.8 Å². The van der Waals surface area contributed by atoms with Gasteiger partial charge in [-0.15, -0.1) is 0 Å². The number of rotatable bonds is 12. The van der Waals surface area contributed by atoms with E-state index in [1.54, 1.807) is 7.11 Å². The van der Waals surface area contributed by atoms with Gasteiger partial charge < -0.3 is 9.47 Å². The second kappa shape index (κ2) is 12.1. The van der Waals surface area contributed by atoms with Crippen LogP contribution in [0, 0.1) is 0 Å². The van der Waals surface area contributed by atoms with Crippen molar-refractivity contribution in [3.8, 4) is 0 Å². The minimum Gasteiger partial charge on any atom is -0.456 e. The number of unbranched alkanes of at least 4 members (excludes halogenated alkanes) is 5. The van der Waals surface area contributed by atoms with Crippen molar-refractivity contribution in [2.24, 2.45) is 0 Å². The quantitative estimate of drug-likeness (QED) is 0.393. The number of carbonyl (C=O) groups excluding carboxylic acids is 1. The maximum atomic E-state index is 12.4. The molecule has 0 N–H and O–H groups in total. The van der Waals surface area contributed by atoms with Gasteiger partial charge in [0.05, 0.1) is 12.2 Å². The van der Waals surface area contributed by atoms with Gasteiger partial charge in [-0.25, -0.2) is 4.79 Å². The number of aryl methyl sites for hydroxylation is 1. The Morgan fingerprint density at radius 2 is 1.74 bits per heavy atom. The molecule has 0 amide bonds. The van der Waals surface area contributed by atoms with Crippen LogP contribution in [0.5, 0.6) is 0 Å². The van der Waals surface area contributed by atoms with E-state index in [-0.39, 0.29) is 12.1 Å². The Bertz CT molecular complexity index is 442. The van der Waals surface area contributed by atoms with Gasteiger partial charge in [-0.2, -0.15) is 0 Å². The topological polar surface area (TPSA) is 35.5 Å². The van der Waals surface area contributed by atoms with E-state index < -0.39 is 0 Å². The molecule has 0 bridgehead atoms. The van der Waals surface area contributed by atoms with Gasteiger partial charge in [-0.05, 0) is 30.9 Å². The van der Waals surface area contributed by atoms with Crippen molar-refractivity contribution in [1.82, 2.24) is 0 Å². The zero-order valence-corrected chi connectivity index (χ0v) is 15.0. The van der Waals surface area contributed by atoms with Crippen LogP contribution >= 0.6 is 0 Å². The molecule has 0 aliphatic heterocycles. The zero-order chi connectivity index (χ0) is 16.9. The number of benzene rings is 1. The van der Waals surface area contributed by atoms with Crippen LogP contribution in [0.2, 0.25) is 0 Å². The maximum absolute atomic E-state index is 12.4. The van der Waals surface area contributed by atoms with Gasteiger partial charge in [0.2, 0.25) is 0 Å². The van der Waals surface area contributed by atoms with Crippen LogP contribution in [-0.4, -0.2) is 25.8 Å². The second-order valence-corrected chi connectivity index (χ2v) is 6.05. The first-order valence-electron chi connectivity index (χ1n) is 9.00. The number of hydrogen-bond acceptors (Lipinski definition) is 3. The first kappa shape index (κ1) is 19.7. The van der Waals surface area contributed by atoms with Crippen LogP contribution < -0.4 is 0 Å². The Kier molecular flexibility index (Phi) is 10.4. The highest BCUT2D eigenvalue weighted by atomic mass is 16.6. The van der Waals surface area contributed by atoms with Gasteiger partial charge in [0, 0.05) is 7.11 Å².